The molecule has 0 bridgehead atoms. The normalized spacial score (nSPS) is 11.0. The molecule has 3 aromatic carbocycles. The molecule has 162 valence electrons. The molecule has 0 spiro atoms. The molecule has 1 heterocycles. The highest BCUT2D eigenvalue weighted by Crippen LogP contribution is 2.35. The minimum atomic E-state index is 0.854. The molecule has 0 aliphatic carbocycles. The Bertz CT molecular complexity index is 1280. The van der Waals surface area contributed by atoms with Crippen molar-refractivity contribution in [2.75, 3.05) is 7.11 Å². The maximum Gasteiger partial charge on any atom is 0.122 e. The van der Waals surface area contributed by atoms with Crippen molar-refractivity contribution in [3.8, 4) is 39.5 Å². The van der Waals surface area contributed by atoms with Crippen LogP contribution in [-0.4, -0.2) is 17.1 Å². The summed E-state index contributed by atoms with van der Waals surface area (Å²) >= 11 is 0. The Morgan fingerprint density at radius 2 is 1.09 bits per heavy atom. The fourth-order valence-corrected chi connectivity index (χ4v) is 4.46. The number of hydrogen-bond donors (Lipinski definition) is 0. The first-order valence-electron chi connectivity index (χ1n) is 10.9. The van der Waals surface area contributed by atoms with E-state index in [1.807, 2.05) is 6.20 Å². The first kappa shape index (κ1) is 21.8. The average Bonchev–Trinajstić information content (AvgIpc) is 2.73. The highest BCUT2D eigenvalue weighted by Gasteiger charge is 2.17. The van der Waals surface area contributed by atoms with Gasteiger partial charge in [0.05, 0.1) is 30.4 Å². The van der Waals surface area contributed by atoms with E-state index in [1.165, 1.54) is 22.3 Å². The number of aromatic nitrogens is 2. The number of methoxy groups -OCH3 is 1. The molecule has 1 aromatic heterocycles. The van der Waals surface area contributed by atoms with E-state index in [-0.39, 0.29) is 0 Å². The number of aryl methyl sites for hydroxylation is 5. The van der Waals surface area contributed by atoms with Crippen LogP contribution in [0.2, 0.25) is 0 Å². The summed E-state index contributed by atoms with van der Waals surface area (Å²) in [5.74, 6) is 0.869. The molecule has 4 aromatic rings. The lowest BCUT2D eigenvalue weighted by Gasteiger charge is -2.16. The Hall–Kier alpha value is -3.46. The molecule has 3 heteroatoms. The fraction of sp³-hybridized carbons (Fsp3) is 0.241. The summed E-state index contributed by atoms with van der Waals surface area (Å²) in [5.41, 5.74) is 13.0. The second kappa shape index (κ2) is 8.58. The smallest absolute Gasteiger partial charge is 0.122 e. The molecule has 0 aliphatic rings. The van der Waals surface area contributed by atoms with E-state index in [9.17, 15) is 0 Å². The van der Waals surface area contributed by atoms with Crippen molar-refractivity contribution in [2.24, 2.45) is 0 Å². The maximum atomic E-state index is 5.61. The van der Waals surface area contributed by atoms with Gasteiger partial charge in [0.25, 0.3) is 0 Å². The van der Waals surface area contributed by atoms with Crippen molar-refractivity contribution < 1.29 is 4.74 Å². The van der Waals surface area contributed by atoms with Gasteiger partial charge in [-0.15, -0.1) is 0 Å². The number of nitrogens with zero attached hydrogens (tertiary/aromatic N) is 2. The van der Waals surface area contributed by atoms with Crippen molar-refractivity contribution >= 4 is 0 Å². The fourth-order valence-electron chi connectivity index (χ4n) is 4.46. The highest BCUT2D eigenvalue weighted by molar-refractivity contribution is 5.81. The van der Waals surface area contributed by atoms with E-state index in [0.717, 1.165) is 50.6 Å². The minimum Gasteiger partial charge on any atom is -0.496 e. The lowest BCUT2D eigenvalue weighted by atomic mass is 9.97. The summed E-state index contributed by atoms with van der Waals surface area (Å²) in [6.45, 7) is 12.6. The van der Waals surface area contributed by atoms with Gasteiger partial charge in [0.2, 0.25) is 0 Å². The van der Waals surface area contributed by atoms with Crippen LogP contribution in [0.1, 0.15) is 33.4 Å². The van der Waals surface area contributed by atoms with Gasteiger partial charge in [-0.3, -0.25) is 4.98 Å². The predicted molar refractivity (Wildman–Crippen MR) is 133 cm³/mol. The topological polar surface area (TPSA) is 35.0 Å². The quantitative estimate of drug-likeness (QED) is 0.345. The molecule has 0 saturated carbocycles. The van der Waals surface area contributed by atoms with Gasteiger partial charge in [-0.2, -0.15) is 0 Å². The van der Waals surface area contributed by atoms with Crippen molar-refractivity contribution in [3.05, 3.63) is 88.1 Å². The molecule has 0 radical (unpaired) electrons. The number of hydrogen-bond acceptors (Lipinski definition) is 3. The van der Waals surface area contributed by atoms with Gasteiger partial charge in [-0.25, -0.2) is 4.98 Å². The maximum absolute atomic E-state index is 5.61. The van der Waals surface area contributed by atoms with Gasteiger partial charge in [-0.05, 0) is 83.5 Å². The van der Waals surface area contributed by atoms with Crippen molar-refractivity contribution in [1.29, 1.82) is 0 Å². The van der Waals surface area contributed by atoms with Gasteiger partial charge < -0.3 is 4.74 Å². The molecule has 0 amide bonds. The first-order valence-corrected chi connectivity index (χ1v) is 10.9. The molecule has 3 nitrogen and oxygen atoms in total. The summed E-state index contributed by atoms with van der Waals surface area (Å²) in [4.78, 5) is 10.2. The lowest BCUT2D eigenvalue weighted by Crippen LogP contribution is -1.99. The standard InChI is InChI=1S/C29H30N2O/c1-17-8-18(2)11-23(10-17)28-29(24-12-19(3)9-20(4)13-24)31-26(16-30-28)25-14-21(5)15-27(32-7)22(25)6/h8-16H,1-7H3. The predicted octanol–water partition coefficient (Wildman–Crippen LogP) is 7.34. The second-order valence-electron chi connectivity index (χ2n) is 8.84. The van der Waals surface area contributed by atoms with Gasteiger partial charge in [-0.1, -0.05) is 34.4 Å². The molecule has 0 saturated heterocycles. The van der Waals surface area contributed by atoms with Crippen molar-refractivity contribution in [2.45, 2.75) is 41.5 Å². The Balaban J connectivity index is 2.00. The molecule has 0 aliphatic heterocycles. The first-order chi connectivity index (χ1) is 15.2. The minimum absolute atomic E-state index is 0.854. The largest absolute Gasteiger partial charge is 0.496 e. The summed E-state index contributed by atoms with van der Waals surface area (Å²) in [7, 11) is 1.71. The molecular weight excluding hydrogens is 392 g/mol. The van der Waals surface area contributed by atoms with E-state index in [2.05, 4.69) is 90.1 Å². The molecule has 0 unspecified atom stereocenters. The molecular formula is C29H30N2O. The Kier molecular flexibility index (Phi) is 5.84. The number of benzene rings is 3. The highest BCUT2D eigenvalue weighted by atomic mass is 16.5. The van der Waals surface area contributed by atoms with E-state index in [1.54, 1.807) is 7.11 Å². The van der Waals surface area contributed by atoms with Crippen LogP contribution in [0.5, 0.6) is 5.75 Å². The third-order valence-electron chi connectivity index (χ3n) is 5.76. The number of rotatable bonds is 4. The monoisotopic (exact) mass is 422 g/mol. The SMILES string of the molecule is COc1cc(C)cc(-c2cnc(-c3cc(C)cc(C)c3)c(-c3cc(C)cc(C)c3)n2)c1C. The molecule has 32 heavy (non-hydrogen) atoms. The molecule has 4 rings (SSSR count). The van der Waals surface area contributed by atoms with Gasteiger partial charge in [0.1, 0.15) is 5.75 Å². The third-order valence-corrected chi connectivity index (χ3v) is 5.76. The summed E-state index contributed by atoms with van der Waals surface area (Å²) < 4.78 is 5.61. The van der Waals surface area contributed by atoms with Gasteiger partial charge >= 0.3 is 0 Å². The van der Waals surface area contributed by atoms with Crippen molar-refractivity contribution in [1.82, 2.24) is 9.97 Å². The van der Waals surface area contributed by atoms with E-state index < -0.39 is 0 Å². The van der Waals surface area contributed by atoms with Crippen LogP contribution in [0.3, 0.4) is 0 Å². The Labute approximate surface area is 191 Å². The van der Waals surface area contributed by atoms with E-state index in [0.29, 0.717) is 0 Å². The van der Waals surface area contributed by atoms with Crippen LogP contribution in [-0.2, 0) is 0 Å². The Morgan fingerprint density at radius 1 is 0.594 bits per heavy atom. The average molecular weight is 423 g/mol. The van der Waals surface area contributed by atoms with E-state index in [4.69, 9.17) is 14.7 Å². The van der Waals surface area contributed by atoms with Crippen molar-refractivity contribution in [3.63, 3.8) is 0 Å². The molecule has 0 atom stereocenters. The summed E-state index contributed by atoms with van der Waals surface area (Å²) in [6, 6.07) is 17.3. The van der Waals surface area contributed by atoms with Crippen LogP contribution in [0.15, 0.2) is 54.7 Å². The third kappa shape index (κ3) is 4.29. The van der Waals surface area contributed by atoms with Crippen LogP contribution >= 0.6 is 0 Å². The molecule has 0 fully saturated rings. The number of ether oxygens (including phenoxy) is 1. The van der Waals surface area contributed by atoms with Crippen LogP contribution < -0.4 is 4.74 Å². The van der Waals surface area contributed by atoms with Gasteiger partial charge in [0, 0.05) is 22.3 Å². The van der Waals surface area contributed by atoms with Crippen LogP contribution in [0.4, 0.5) is 0 Å². The zero-order valence-electron chi connectivity index (χ0n) is 20.0. The van der Waals surface area contributed by atoms with Crippen LogP contribution in [0.25, 0.3) is 33.8 Å². The van der Waals surface area contributed by atoms with Crippen LogP contribution in [0, 0.1) is 41.5 Å². The zero-order chi connectivity index (χ0) is 23.0. The van der Waals surface area contributed by atoms with Gasteiger partial charge in [0.15, 0.2) is 0 Å². The summed E-state index contributed by atoms with van der Waals surface area (Å²) in [5, 5.41) is 0. The second-order valence-corrected chi connectivity index (χ2v) is 8.84. The van der Waals surface area contributed by atoms with E-state index >= 15 is 0 Å². The zero-order valence-corrected chi connectivity index (χ0v) is 20.0. The summed E-state index contributed by atoms with van der Waals surface area (Å²) in [6.07, 6.45) is 1.89. The Morgan fingerprint density at radius 3 is 1.62 bits per heavy atom. The molecule has 0 N–H and O–H groups in total. The lowest BCUT2D eigenvalue weighted by molar-refractivity contribution is 0.411.